The van der Waals surface area contributed by atoms with Crippen LogP contribution in [0, 0.1) is 0 Å². The van der Waals surface area contributed by atoms with E-state index in [1.165, 1.54) is 82.7 Å². The van der Waals surface area contributed by atoms with Crippen LogP contribution in [0.3, 0.4) is 0 Å². The SMILES string of the molecule is c1ccc(-c2ccc(-n3c4ccccc4c4c5c6ccccc6n(-c6ccc(-c7ccccc7)cc6-c6ccccc6)c5ccc43)cc2)cc1. The van der Waals surface area contributed by atoms with Crippen molar-refractivity contribution in [3.63, 3.8) is 0 Å². The van der Waals surface area contributed by atoms with Gasteiger partial charge in [0.15, 0.2) is 0 Å². The lowest BCUT2D eigenvalue weighted by molar-refractivity contribution is 1.17. The highest BCUT2D eigenvalue weighted by atomic mass is 15.0. The van der Waals surface area contributed by atoms with E-state index in [9.17, 15) is 0 Å². The van der Waals surface area contributed by atoms with Crippen molar-refractivity contribution in [2.45, 2.75) is 0 Å². The average Bonchev–Trinajstić information content (AvgIpc) is 3.71. The van der Waals surface area contributed by atoms with Crippen molar-refractivity contribution in [3.05, 3.63) is 194 Å². The number of aromatic nitrogens is 2. The van der Waals surface area contributed by atoms with Gasteiger partial charge in [0.1, 0.15) is 0 Å². The molecule has 50 heavy (non-hydrogen) atoms. The molecule has 0 aliphatic carbocycles. The van der Waals surface area contributed by atoms with Gasteiger partial charge in [0, 0.05) is 32.8 Å². The highest BCUT2D eigenvalue weighted by molar-refractivity contribution is 6.29. The predicted octanol–water partition coefficient (Wildman–Crippen LogP) is 12.9. The summed E-state index contributed by atoms with van der Waals surface area (Å²) < 4.78 is 4.90. The highest BCUT2D eigenvalue weighted by Gasteiger charge is 2.22. The molecular formula is C48H32N2. The summed E-state index contributed by atoms with van der Waals surface area (Å²) in [6.45, 7) is 0. The molecule has 0 bridgehead atoms. The lowest BCUT2D eigenvalue weighted by atomic mass is 9.97. The van der Waals surface area contributed by atoms with Crippen molar-refractivity contribution in [1.82, 2.24) is 9.13 Å². The fraction of sp³-hybridized carbons (Fsp3) is 0. The summed E-state index contributed by atoms with van der Waals surface area (Å²) in [5, 5.41) is 5.06. The molecule has 8 aromatic carbocycles. The molecule has 0 atom stereocenters. The summed E-state index contributed by atoms with van der Waals surface area (Å²) in [6.07, 6.45) is 0. The molecule has 2 nitrogen and oxygen atoms in total. The normalized spacial score (nSPS) is 11.6. The highest BCUT2D eigenvalue weighted by Crippen LogP contribution is 2.44. The molecule has 2 heterocycles. The molecule has 0 N–H and O–H groups in total. The van der Waals surface area contributed by atoms with Crippen molar-refractivity contribution in [2.24, 2.45) is 0 Å². The zero-order chi connectivity index (χ0) is 33.0. The first kappa shape index (κ1) is 28.4. The van der Waals surface area contributed by atoms with Crippen LogP contribution in [0.1, 0.15) is 0 Å². The second-order valence-electron chi connectivity index (χ2n) is 12.9. The summed E-state index contributed by atoms with van der Waals surface area (Å²) in [6, 6.07) is 70.3. The van der Waals surface area contributed by atoms with Gasteiger partial charge in [-0.1, -0.05) is 146 Å². The molecule has 0 fully saturated rings. The first-order valence-corrected chi connectivity index (χ1v) is 17.2. The molecule has 0 saturated carbocycles. The molecule has 0 unspecified atom stereocenters. The van der Waals surface area contributed by atoms with Gasteiger partial charge in [-0.3, -0.25) is 0 Å². The number of hydrogen-bond acceptors (Lipinski definition) is 0. The number of hydrogen-bond donors (Lipinski definition) is 0. The molecule has 0 saturated heterocycles. The second-order valence-corrected chi connectivity index (χ2v) is 12.9. The Kier molecular flexibility index (Phi) is 6.53. The third-order valence-electron chi connectivity index (χ3n) is 10.1. The molecule has 234 valence electrons. The molecule has 10 aromatic rings. The minimum atomic E-state index is 1.15. The largest absolute Gasteiger partial charge is 0.309 e. The van der Waals surface area contributed by atoms with Gasteiger partial charge in [-0.05, 0) is 76.3 Å². The number of fused-ring (bicyclic) bond motifs is 7. The summed E-state index contributed by atoms with van der Waals surface area (Å²) in [7, 11) is 0. The van der Waals surface area contributed by atoms with Gasteiger partial charge in [0.25, 0.3) is 0 Å². The van der Waals surface area contributed by atoms with E-state index in [4.69, 9.17) is 0 Å². The minimum Gasteiger partial charge on any atom is -0.309 e. The Bertz CT molecular complexity index is 2820. The van der Waals surface area contributed by atoms with Crippen LogP contribution in [-0.4, -0.2) is 9.13 Å². The van der Waals surface area contributed by atoms with Crippen LogP contribution in [0.5, 0.6) is 0 Å². The number of benzene rings is 8. The molecule has 2 aromatic heterocycles. The van der Waals surface area contributed by atoms with Crippen LogP contribution in [0.4, 0.5) is 0 Å². The summed E-state index contributed by atoms with van der Waals surface area (Å²) in [5.41, 5.74) is 14.4. The fourth-order valence-corrected chi connectivity index (χ4v) is 7.88. The molecule has 0 radical (unpaired) electrons. The van der Waals surface area contributed by atoms with E-state index in [0.29, 0.717) is 0 Å². The third kappa shape index (κ3) is 4.43. The maximum absolute atomic E-state index is 2.47. The van der Waals surface area contributed by atoms with Gasteiger partial charge in [-0.15, -0.1) is 0 Å². The van der Waals surface area contributed by atoms with Crippen LogP contribution in [0.15, 0.2) is 194 Å². The van der Waals surface area contributed by atoms with Gasteiger partial charge in [-0.25, -0.2) is 0 Å². The summed E-state index contributed by atoms with van der Waals surface area (Å²) in [4.78, 5) is 0. The molecule has 0 amide bonds. The van der Waals surface area contributed by atoms with E-state index in [1.54, 1.807) is 0 Å². The van der Waals surface area contributed by atoms with Crippen molar-refractivity contribution in [2.75, 3.05) is 0 Å². The van der Waals surface area contributed by atoms with Crippen LogP contribution < -0.4 is 0 Å². The van der Waals surface area contributed by atoms with Crippen molar-refractivity contribution >= 4 is 43.6 Å². The first-order valence-electron chi connectivity index (χ1n) is 17.2. The standard InChI is InChI=1S/C48H32N2/c1-4-14-33(15-5-1)35-24-27-38(28-25-35)49-42-22-12-10-20-39(42)47-45(49)30-31-46-48(47)40-21-11-13-23-43(40)50(46)44-29-26-37(34-16-6-2-7-17-34)32-41(44)36-18-8-3-9-19-36/h1-32H. The van der Waals surface area contributed by atoms with Crippen molar-refractivity contribution < 1.29 is 0 Å². The minimum absolute atomic E-state index is 1.15. The Morgan fingerprint density at radius 1 is 0.280 bits per heavy atom. The zero-order valence-corrected chi connectivity index (χ0v) is 27.4. The van der Waals surface area contributed by atoms with Crippen LogP contribution in [0.25, 0.3) is 88.4 Å². The molecule has 0 aliphatic heterocycles. The summed E-state index contributed by atoms with van der Waals surface area (Å²) >= 11 is 0. The van der Waals surface area contributed by atoms with Crippen LogP contribution in [0.2, 0.25) is 0 Å². The monoisotopic (exact) mass is 636 g/mol. The second kappa shape index (κ2) is 11.5. The van der Waals surface area contributed by atoms with Crippen molar-refractivity contribution in [1.29, 1.82) is 0 Å². The summed E-state index contributed by atoms with van der Waals surface area (Å²) in [5.74, 6) is 0. The zero-order valence-electron chi connectivity index (χ0n) is 27.4. The Morgan fingerprint density at radius 2 is 0.720 bits per heavy atom. The maximum atomic E-state index is 2.47. The van der Waals surface area contributed by atoms with Gasteiger partial charge in [0.2, 0.25) is 0 Å². The van der Waals surface area contributed by atoms with Crippen molar-refractivity contribution in [3.8, 4) is 44.8 Å². The Morgan fingerprint density at radius 3 is 1.32 bits per heavy atom. The van der Waals surface area contributed by atoms with Gasteiger partial charge >= 0.3 is 0 Å². The van der Waals surface area contributed by atoms with E-state index in [-0.39, 0.29) is 0 Å². The average molecular weight is 637 g/mol. The van der Waals surface area contributed by atoms with E-state index < -0.39 is 0 Å². The van der Waals surface area contributed by atoms with Gasteiger partial charge in [-0.2, -0.15) is 0 Å². The smallest absolute Gasteiger partial charge is 0.0549 e. The van der Waals surface area contributed by atoms with E-state index in [2.05, 4.69) is 203 Å². The molecule has 0 spiro atoms. The predicted molar refractivity (Wildman–Crippen MR) is 211 cm³/mol. The topological polar surface area (TPSA) is 9.86 Å². The van der Waals surface area contributed by atoms with E-state index in [0.717, 1.165) is 5.69 Å². The van der Waals surface area contributed by atoms with E-state index >= 15 is 0 Å². The maximum Gasteiger partial charge on any atom is 0.0549 e. The quantitative estimate of drug-likeness (QED) is 0.178. The molecule has 0 aliphatic rings. The third-order valence-corrected chi connectivity index (χ3v) is 10.1. The van der Waals surface area contributed by atoms with E-state index in [1.807, 2.05) is 0 Å². The first-order chi connectivity index (χ1) is 24.8. The Balaban J connectivity index is 1.26. The fourth-order valence-electron chi connectivity index (χ4n) is 7.88. The van der Waals surface area contributed by atoms with Gasteiger partial charge in [0.05, 0.1) is 27.8 Å². The number of para-hydroxylation sites is 2. The van der Waals surface area contributed by atoms with Crippen LogP contribution in [-0.2, 0) is 0 Å². The lowest BCUT2D eigenvalue weighted by Gasteiger charge is -2.16. The van der Waals surface area contributed by atoms with Gasteiger partial charge < -0.3 is 9.13 Å². The Labute approximate surface area is 290 Å². The molecule has 10 rings (SSSR count). The van der Waals surface area contributed by atoms with Crippen LogP contribution >= 0.6 is 0 Å². The number of rotatable bonds is 5. The number of nitrogens with zero attached hydrogens (tertiary/aromatic N) is 2. The molecular weight excluding hydrogens is 605 g/mol. The molecule has 2 heteroatoms. The lowest BCUT2D eigenvalue weighted by Crippen LogP contribution is -1.98. The Hall–Kier alpha value is -6.64.